The molecule has 0 aliphatic heterocycles. The van der Waals surface area contributed by atoms with Crippen LogP contribution in [0.1, 0.15) is 17.2 Å². The first-order valence-electron chi connectivity index (χ1n) is 5.14. The van der Waals surface area contributed by atoms with Crippen LogP contribution >= 0.6 is 0 Å². The number of aliphatic hydroxyl groups is 1. The van der Waals surface area contributed by atoms with E-state index in [1.165, 1.54) is 12.1 Å². The van der Waals surface area contributed by atoms with Gasteiger partial charge in [-0.3, -0.25) is 0 Å². The number of aliphatic hydroxyl groups excluding tert-OH is 1. The highest BCUT2D eigenvalue weighted by molar-refractivity contribution is 5.65. The Balaban J connectivity index is 2.45. The fourth-order valence-electron chi connectivity index (χ4n) is 1.65. The number of rotatable bonds is 2. The molecule has 88 valence electrons. The normalized spacial score (nSPS) is 12.3. The third kappa shape index (κ3) is 2.03. The maximum atomic E-state index is 10.1. The van der Waals surface area contributed by atoms with Crippen molar-refractivity contribution < 1.29 is 15.3 Å². The number of nitrogens with two attached hydrogens (primary N) is 1. The standard InChI is InChI=1S/C13H13NO3/c14-11-10(15)7-6-9(13(11)17)12(16)8-4-2-1-3-5-8/h1-7,12,15-17H,14H2. The lowest BCUT2D eigenvalue weighted by Gasteiger charge is -2.14. The fourth-order valence-corrected chi connectivity index (χ4v) is 1.65. The molecule has 0 saturated carbocycles. The molecule has 17 heavy (non-hydrogen) atoms. The van der Waals surface area contributed by atoms with E-state index in [1.807, 2.05) is 6.07 Å². The summed E-state index contributed by atoms with van der Waals surface area (Å²) in [5.74, 6) is -0.493. The lowest BCUT2D eigenvalue weighted by atomic mass is 10.00. The summed E-state index contributed by atoms with van der Waals surface area (Å²) in [5, 5.41) is 29.2. The molecule has 2 aromatic carbocycles. The van der Waals surface area contributed by atoms with E-state index in [1.54, 1.807) is 24.3 Å². The molecular formula is C13H13NO3. The van der Waals surface area contributed by atoms with Crippen molar-refractivity contribution >= 4 is 5.69 Å². The maximum absolute atomic E-state index is 10.1. The van der Waals surface area contributed by atoms with Crippen molar-refractivity contribution in [1.82, 2.24) is 0 Å². The second kappa shape index (κ2) is 4.35. The highest BCUT2D eigenvalue weighted by atomic mass is 16.3. The lowest BCUT2D eigenvalue weighted by molar-refractivity contribution is 0.215. The minimum Gasteiger partial charge on any atom is -0.506 e. The van der Waals surface area contributed by atoms with Crippen LogP contribution in [0.15, 0.2) is 42.5 Å². The number of hydrogen-bond acceptors (Lipinski definition) is 4. The highest BCUT2D eigenvalue weighted by Gasteiger charge is 2.17. The Kier molecular flexibility index (Phi) is 2.89. The van der Waals surface area contributed by atoms with Gasteiger partial charge >= 0.3 is 0 Å². The molecule has 0 aromatic heterocycles. The van der Waals surface area contributed by atoms with Gasteiger partial charge in [0.15, 0.2) is 0 Å². The molecule has 0 bridgehead atoms. The van der Waals surface area contributed by atoms with Gasteiger partial charge in [-0.1, -0.05) is 30.3 Å². The second-order valence-electron chi connectivity index (χ2n) is 3.75. The Hall–Kier alpha value is -2.20. The van der Waals surface area contributed by atoms with Crippen molar-refractivity contribution in [3.8, 4) is 11.5 Å². The summed E-state index contributed by atoms with van der Waals surface area (Å²) in [6.07, 6.45) is -0.973. The summed E-state index contributed by atoms with van der Waals surface area (Å²) in [4.78, 5) is 0. The number of nitrogen functional groups attached to an aromatic ring is 1. The SMILES string of the molecule is Nc1c(O)ccc(C(O)c2ccccc2)c1O. The summed E-state index contributed by atoms with van der Waals surface area (Å²) in [6, 6.07) is 11.7. The van der Waals surface area contributed by atoms with E-state index in [0.717, 1.165) is 0 Å². The first-order chi connectivity index (χ1) is 8.11. The van der Waals surface area contributed by atoms with E-state index in [4.69, 9.17) is 5.73 Å². The van der Waals surface area contributed by atoms with Crippen LogP contribution in [0.4, 0.5) is 5.69 Å². The Morgan fingerprint density at radius 1 is 0.941 bits per heavy atom. The number of benzene rings is 2. The third-order valence-electron chi connectivity index (χ3n) is 2.64. The zero-order chi connectivity index (χ0) is 12.4. The number of aromatic hydroxyl groups is 2. The van der Waals surface area contributed by atoms with Crippen LogP contribution in [0, 0.1) is 0 Å². The van der Waals surface area contributed by atoms with Crippen molar-refractivity contribution in [3.63, 3.8) is 0 Å². The van der Waals surface area contributed by atoms with Crippen LogP contribution < -0.4 is 5.73 Å². The molecule has 4 nitrogen and oxygen atoms in total. The Labute approximate surface area is 98.6 Å². The predicted molar refractivity (Wildman–Crippen MR) is 64.7 cm³/mol. The first-order valence-corrected chi connectivity index (χ1v) is 5.14. The molecule has 1 atom stereocenters. The van der Waals surface area contributed by atoms with Gasteiger partial charge in [0.05, 0.1) is 0 Å². The molecule has 4 heteroatoms. The van der Waals surface area contributed by atoms with E-state index >= 15 is 0 Å². The molecule has 2 aromatic rings. The monoisotopic (exact) mass is 231 g/mol. The number of anilines is 1. The smallest absolute Gasteiger partial charge is 0.148 e. The Morgan fingerprint density at radius 3 is 2.24 bits per heavy atom. The van der Waals surface area contributed by atoms with Gasteiger partial charge in [-0.15, -0.1) is 0 Å². The predicted octanol–water partition coefficient (Wildman–Crippen LogP) is 1.76. The molecule has 0 saturated heterocycles. The molecule has 0 spiro atoms. The van der Waals surface area contributed by atoms with Gasteiger partial charge in [0.25, 0.3) is 0 Å². The zero-order valence-corrected chi connectivity index (χ0v) is 9.04. The molecule has 1 unspecified atom stereocenters. The van der Waals surface area contributed by atoms with Gasteiger partial charge in [0, 0.05) is 5.56 Å². The van der Waals surface area contributed by atoms with E-state index < -0.39 is 6.10 Å². The third-order valence-corrected chi connectivity index (χ3v) is 2.64. The van der Waals surface area contributed by atoms with Gasteiger partial charge in [-0.25, -0.2) is 0 Å². The van der Waals surface area contributed by atoms with E-state index in [9.17, 15) is 15.3 Å². The van der Waals surface area contributed by atoms with Crippen molar-refractivity contribution in [3.05, 3.63) is 53.6 Å². The molecule has 0 fully saturated rings. The first kappa shape index (κ1) is 11.3. The van der Waals surface area contributed by atoms with Crippen molar-refractivity contribution in [2.24, 2.45) is 0 Å². The molecule has 5 N–H and O–H groups in total. The molecule has 0 radical (unpaired) electrons. The van der Waals surface area contributed by atoms with Crippen LogP contribution in [0.5, 0.6) is 11.5 Å². The minimum atomic E-state index is -0.973. The average molecular weight is 231 g/mol. The molecule has 0 amide bonds. The molecular weight excluding hydrogens is 218 g/mol. The van der Waals surface area contributed by atoms with E-state index in [0.29, 0.717) is 5.56 Å². The van der Waals surface area contributed by atoms with Crippen molar-refractivity contribution in [2.75, 3.05) is 5.73 Å². The van der Waals surface area contributed by atoms with Crippen LogP contribution in [0.3, 0.4) is 0 Å². The van der Waals surface area contributed by atoms with Crippen LogP contribution in [-0.2, 0) is 0 Å². The lowest BCUT2D eigenvalue weighted by Crippen LogP contribution is -2.01. The summed E-state index contributed by atoms with van der Waals surface area (Å²) in [5.41, 5.74) is 6.28. The van der Waals surface area contributed by atoms with E-state index in [-0.39, 0.29) is 22.7 Å². The molecule has 2 rings (SSSR count). The average Bonchev–Trinajstić information content (AvgIpc) is 2.36. The molecule has 0 aliphatic carbocycles. The molecule has 0 aliphatic rings. The molecule has 0 heterocycles. The fraction of sp³-hybridized carbons (Fsp3) is 0.0769. The Bertz CT molecular complexity index is 526. The second-order valence-corrected chi connectivity index (χ2v) is 3.75. The summed E-state index contributed by atoms with van der Waals surface area (Å²) in [6.45, 7) is 0. The largest absolute Gasteiger partial charge is 0.506 e. The van der Waals surface area contributed by atoms with E-state index in [2.05, 4.69) is 0 Å². The number of hydrogen-bond donors (Lipinski definition) is 4. The quantitative estimate of drug-likeness (QED) is 0.468. The van der Waals surface area contributed by atoms with Crippen LogP contribution in [-0.4, -0.2) is 15.3 Å². The summed E-state index contributed by atoms with van der Waals surface area (Å²) >= 11 is 0. The van der Waals surface area contributed by atoms with Crippen LogP contribution in [0.2, 0.25) is 0 Å². The van der Waals surface area contributed by atoms with Gasteiger partial charge in [0.2, 0.25) is 0 Å². The zero-order valence-electron chi connectivity index (χ0n) is 9.04. The van der Waals surface area contributed by atoms with Crippen molar-refractivity contribution in [1.29, 1.82) is 0 Å². The summed E-state index contributed by atoms with van der Waals surface area (Å²) in [7, 11) is 0. The minimum absolute atomic E-state index is 0.127. The van der Waals surface area contributed by atoms with Gasteiger partial charge in [0.1, 0.15) is 23.3 Å². The highest BCUT2D eigenvalue weighted by Crippen LogP contribution is 2.38. The topological polar surface area (TPSA) is 86.7 Å². The van der Waals surface area contributed by atoms with Gasteiger partial charge in [-0.2, -0.15) is 0 Å². The maximum Gasteiger partial charge on any atom is 0.148 e. The van der Waals surface area contributed by atoms with Gasteiger partial charge < -0.3 is 21.1 Å². The number of phenols is 2. The summed E-state index contributed by atoms with van der Waals surface area (Å²) < 4.78 is 0. The van der Waals surface area contributed by atoms with Crippen molar-refractivity contribution in [2.45, 2.75) is 6.10 Å². The number of phenolic OH excluding ortho intramolecular Hbond substituents is 2. The van der Waals surface area contributed by atoms with Crippen LogP contribution in [0.25, 0.3) is 0 Å². The van der Waals surface area contributed by atoms with Gasteiger partial charge in [-0.05, 0) is 17.7 Å². The Morgan fingerprint density at radius 2 is 1.59 bits per heavy atom.